The summed E-state index contributed by atoms with van der Waals surface area (Å²) in [6, 6.07) is 12.7. The lowest BCUT2D eigenvalue weighted by Gasteiger charge is -2.30. The van der Waals surface area contributed by atoms with Gasteiger partial charge in [0, 0.05) is 12.6 Å². The first kappa shape index (κ1) is 24.4. The third-order valence-corrected chi connectivity index (χ3v) is 5.01. The standard InChI is InChI=1S/C25H33NO5/c1-24(2,3)19-13-18(31-29)14-20(25(4,5)6)22(19)21(27)15-26(7)23(28)30-16-17-11-9-8-10-12-17/h8-14,29H,15-16H2,1-7H3. The predicted molar refractivity (Wildman–Crippen MR) is 121 cm³/mol. The highest BCUT2D eigenvalue weighted by molar-refractivity contribution is 6.02. The van der Waals surface area contributed by atoms with E-state index in [9.17, 15) is 14.8 Å². The van der Waals surface area contributed by atoms with E-state index < -0.39 is 6.09 Å². The van der Waals surface area contributed by atoms with Gasteiger partial charge in [0.1, 0.15) is 6.61 Å². The molecule has 0 radical (unpaired) electrons. The highest BCUT2D eigenvalue weighted by Gasteiger charge is 2.31. The number of hydrogen-bond acceptors (Lipinski definition) is 5. The van der Waals surface area contributed by atoms with Crippen LogP contribution in [-0.2, 0) is 22.2 Å². The van der Waals surface area contributed by atoms with E-state index in [-0.39, 0.29) is 35.5 Å². The van der Waals surface area contributed by atoms with Gasteiger partial charge >= 0.3 is 6.09 Å². The molecule has 1 N–H and O–H groups in total. The van der Waals surface area contributed by atoms with Crippen LogP contribution in [0.4, 0.5) is 4.79 Å². The molecule has 0 aliphatic heterocycles. The molecular formula is C25H33NO5. The second-order valence-corrected chi connectivity index (χ2v) is 9.80. The molecule has 0 aliphatic carbocycles. The number of ketones is 1. The lowest BCUT2D eigenvalue weighted by Crippen LogP contribution is -2.35. The van der Waals surface area contributed by atoms with Gasteiger partial charge in [0.05, 0.1) is 6.54 Å². The largest absolute Gasteiger partial charge is 0.445 e. The van der Waals surface area contributed by atoms with Crippen LogP contribution in [0.2, 0.25) is 0 Å². The van der Waals surface area contributed by atoms with Crippen LogP contribution in [0.25, 0.3) is 0 Å². The third kappa shape index (κ3) is 6.31. The Balaban J connectivity index is 2.31. The average molecular weight is 428 g/mol. The Kier molecular flexibility index (Phi) is 7.49. The Labute approximate surface area is 184 Å². The minimum atomic E-state index is -0.567. The fraction of sp³-hybridized carbons (Fsp3) is 0.440. The Hall–Kier alpha value is -2.86. The van der Waals surface area contributed by atoms with Gasteiger partial charge in [-0.2, -0.15) is 0 Å². The third-order valence-electron chi connectivity index (χ3n) is 5.01. The van der Waals surface area contributed by atoms with Crippen molar-refractivity contribution in [2.24, 2.45) is 0 Å². The number of nitrogens with zero attached hydrogens (tertiary/aromatic N) is 1. The average Bonchev–Trinajstić information content (AvgIpc) is 2.70. The van der Waals surface area contributed by atoms with Gasteiger partial charge in [0.15, 0.2) is 11.5 Å². The summed E-state index contributed by atoms with van der Waals surface area (Å²) in [6.07, 6.45) is -0.567. The fourth-order valence-corrected chi connectivity index (χ4v) is 3.34. The first-order valence-corrected chi connectivity index (χ1v) is 10.3. The monoisotopic (exact) mass is 427 g/mol. The number of ether oxygens (including phenoxy) is 1. The number of rotatable bonds is 6. The molecule has 2 aromatic carbocycles. The van der Waals surface area contributed by atoms with Crippen LogP contribution in [0, 0.1) is 0 Å². The van der Waals surface area contributed by atoms with Gasteiger partial charge in [-0.05, 0) is 39.7 Å². The predicted octanol–water partition coefficient (Wildman–Crippen LogP) is 5.58. The zero-order valence-electron chi connectivity index (χ0n) is 19.5. The number of Topliss-reactive ketones (excluding diaryl/α,β-unsaturated/α-hetero) is 1. The van der Waals surface area contributed by atoms with E-state index >= 15 is 0 Å². The molecule has 0 atom stereocenters. The first-order valence-electron chi connectivity index (χ1n) is 10.3. The van der Waals surface area contributed by atoms with Gasteiger partial charge < -0.3 is 14.5 Å². The number of carbonyl (C=O) groups is 2. The van der Waals surface area contributed by atoms with Gasteiger partial charge in [0.25, 0.3) is 0 Å². The maximum Gasteiger partial charge on any atom is 0.410 e. The quantitative estimate of drug-likeness (QED) is 0.370. The topological polar surface area (TPSA) is 76.1 Å². The zero-order chi connectivity index (χ0) is 23.4. The summed E-state index contributed by atoms with van der Waals surface area (Å²) in [5.74, 6) is 0.0838. The molecule has 2 aromatic rings. The molecule has 1 amide bonds. The summed E-state index contributed by atoms with van der Waals surface area (Å²) in [4.78, 5) is 31.7. The fourth-order valence-electron chi connectivity index (χ4n) is 3.34. The molecule has 0 aliphatic rings. The zero-order valence-corrected chi connectivity index (χ0v) is 19.5. The Bertz CT molecular complexity index is 888. The van der Waals surface area contributed by atoms with Crippen LogP contribution in [-0.4, -0.2) is 35.6 Å². The molecule has 6 heteroatoms. The number of carbonyl (C=O) groups excluding carboxylic acids is 2. The second-order valence-electron chi connectivity index (χ2n) is 9.80. The lowest BCUT2D eigenvalue weighted by molar-refractivity contribution is -0.137. The minimum Gasteiger partial charge on any atom is -0.445 e. The summed E-state index contributed by atoms with van der Waals surface area (Å²) in [5, 5.41) is 9.26. The molecule has 6 nitrogen and oxygen atoms in total. The van der Waals surface area contributed by atoms with E-state index in [2.05, 4.69) is 4.89 Å². The van der Waals surface area contributed by atoms with Crippen LogP contribution in [0.3, 0.4) is 0 Å². The van der Waals surface area contributed by atoms with Crippen LogP contribution in [0.5, 0.6) is 5.75 Å². The molecule has 0 saturated carbocycles. The molecule has 0 fully saturated rings. The molecule has 0 saturated heterocycles. The van der Waals surface area contributed by atoms with Crippen LogP contribution < -0.4 is 4.89 Å². The van der Waals surface area contributed by atoms with Crippen molar-refractivity contribution < 1.29 is 24.5 Å². The van der Waals surface area contributed by atoms with Crippen molar-refractivity contribution in [1.82, 2.24) is 4.90 Å². The van der Waals surface area contributed by atoms with Gasteiger partial charge in [-0.1, -0.05) is 71.9 Å². The molecule has 0 bridgehead atoms. The van der Waals surface area contributed by atoms with E-state index in [0.717, 1.165) is 16.7 Å². The number of amides is 1. The van der Waals surface area contributed by atoms with Crippen molar-refractivity contribution in [1.29, 1.82) is 0 Å². The maximum absolute atomic E-state index is 13.4. The van der Waals surface area contributed by atoms with E-state index in [1.54, 1.807) is 19.2 Å². The Morgan fingerprint density at radius 1 is 0.935 bits per heavy atom. The second kappa shape index (κ2) is 9.52. The molecule has 0 aromatic heterocycles. The minimum absolute atomic E-state index is 0.126. The lowest BCUT2D eigenvalue weighted by atomic mass is 9.75. The molecule has 0 heterocycles. The van der Waals surface area contributed by atoms with Crippen molar-refractivity contribution in [2.45, 2.75) is 59.0 Å². The van der Waals surface area contributed by atoms with Crippen molar-refractivity contribution >= 4 is 11.9 Å². The number of benzene rings is 2. The van der Waals surface area contributed by atoms with Crippen LogP contribution in [0.15, 0.2) is 42.5 Å². The van der Waals surface area contributed by atoms with E-state index in [1.807, 2.05) is 71.9 Å². The van der Waals surface area contributed by atoms with Crippen LogP contribution >= 0.6 is 0 Å². The molecule has 31 heavy (non-hydrogen) atoms. The van der Waals surface area contributed by atoms with Gasteiger partial charge in [-0.25, -0.2) is 10.1 Å². The maximum atomic E-state index is 13.4. The smallest absolute Gasteiger partial charge is 0.410 e. The molecule has 0 spiro atoms. The highest BCUT2D eigenvalue weighted by atomic mass is 17.1. The number of hydrogen-bond donors (Lipinski definition) is 1. The van der Waals surface area contributed by atoms with Crippen LogP contribution in [0.1, 0.15) is 68.6 Å². The molecule has 0 unspecified atom stereocenters. The van der Waals surface area contributed by atoms with Crippen molar-refractivity contribution in [3.05, 3.63) is 64.7 Å². The summed E-state index contributed by atoms with van der Waals surface area (Å²) in [7, 11) is 1.55. The number of likely N-dealkylation sites (N-methyl/N-ethyl adjacent to an activating group) is 1. The summed E-state index contributed by atoms with van der Waals surface area (Å²) < 4.78 is 5.34. The van der Waals surface area contributed by atoms with Crippen molar-refractivity contribution in [3.63, 3.8) is 0 Å². The summed E-state index contributed by atoms with van der Waals surface area (Å²) in [6.45, 7) is 12.0. The first-order chi connectivity index (χ1) is 14.3. The van der Waals surface area contributed by atoms with Crippen molar-refractivity contribution in [3.8, 4) is 5.75 Å². The summed E-state index contributed by atoms with van der Waals surface area (Å²) in [5.41, 5.74) is 2.15. The van der Waals surface area contributed by atoms with Gasteiger partial charge in [0.2, 0.25) is 0 Å². The molecule has 168 valence electrons. The van der Waals surface area contributed by atoms with E-state index in [4.69, 9.17) is 4.74 Å². The molecular weight excluding hydrogens is 394 g/mol. The Morgan fingerprint density at radius 3 is 1.90 bits per heavy atom. The highest BCUT2D eigenvalue weighted by Crippen LogP contribution is 2.37. The van der Waals surface area contributed by atoms with Crippen molar-refractivity contribution in [2.75, 3.05) is 13.6 Å². The van der Waals surface area contributed by atoms with E-state index in [0.29, 0.717) is 5.56 Å². The summed E-state index contributed by atoms with van der Waals surface area (Å²) >= 11 is 0. The normalized spacial score (nSPS) is 11.7. The van der Waals surface area contributed by atoms with E-state index in [1.165, 1.54) is 4.90 Å². The van der Waals surface area contributed by atoms with Gasteiger partial charge in [-0.15, -0.1) is 0 Å². The van der Waals surface area contributed by atoms with Gasteiger partial charge in [-0.3, -0.25) is 4.79 Å². The SMILES string of the molecule is CN(CC(=O)c1c(C(C)(C)C)cc(OO)cc1C(C)(C)C)C(=O)OCc1ccccc1. The Morgan fingerprint density at radius 2 is 1.45 bits per heavy atom. The molecule has 2 rings (SSSR count).